The van der Waals surface area contributed by atoms with E-state index in [0.717, 1.165) is 34.6 Å². The first-order chi connectivity index (χ1) is 14.6. The summed E-state index contributed by atoms with van der Waals surface area (Å²) in [7, 11) is 1.83. The van der Waals surface area contributed by atoms with Gasteiger partial charge in [0.2, 0.25) is 11.0 Å². The van der Waals surface area contributed by atoms with E-state index in [0.29, 0.717) is 17.7 Å². The van der Waals surface area contributed by atoms with Crippen molar-refractivity contribution in [2.75, 3.05) is 12.0 Å². The summed E-state index contributed by atoms with van der Waals surface area (Å²) in [5, 5.41) is 9.06. The van der Waals surface area contributed by atoms with Gasteiger partial charge in [-0.1, -0.05) is 37.6 Å². The molecule has 30 heavy (non-hydrogen) atoms. The number of benzene rings is 3. The lowest BCUT2D eigenvalue weighted by Crippen LogP contribution is -2.34. The first-order valence-corrected chi connectivity index (χ1v) is 10.0. The molecule has 0 saturated carbocycles. The number of para-hydroxylation sites is 2. The van der Waals surface area contributed by atoms with E-state index < -0.39 is 0 Å². The van der Waals surface area contributed by atoms with Crippen LogP contribution in [0.15, 0.2) is 60.7 Å². The van der Waals surface area contributed by atoms with E-state index in [-0.39, 0.29) is 11.8 Å². The van der Waals surface area contributed by atoms with E-state index >= 15 is 0 Å². The zero-order chi connectivity index (χ0) is 21.1. The fourth-order valence-electron chi connectivity index (χ4n) is 3.40. The maximum Gasteiger partial charge on any atom is 0.288 e. The molecule has 0 radical (unpaired) electrons. The summed E-state index contributed by atoms with van der Waals surface area (Å²) in [6.45, 7) is 2.76. The molecule has 4 rings (SSSR count). The van der Waals surface area contributed by atoms with Crippen LogP contribution in [-0.4, -0.2) is 28.4 Å². The molecular weight excluding hydrogens is 378 g/mol. The number of rotatable bonds is 6. The van der Waals surface area contributed by atoms with Crippen molar-refractivity contribution in [2.45, 2.75) is 19.8 Å². The van der Waals surface area contributed by atoms with Crippen molar-refractivity contribution >= 4 is 33.6 Å². The number of carbonyl (C=O) groups excluding carboxylic acids is 2. The van der Waals surface area contributed by atoms with E-state index in [1.807, 2.05) is 55.6 Å². The molecular formula is C23H24N5O2+. The SMILES string of the molecule is CCCCNC(=O)c1ccc2cc(C(=O)Nn3n[n+](C)c4ccccc43)ccc2c1. The van der Waals surface area contributed by atoms with Crippen LogP contribution in [0.2, 0.25) is 0 Å². The second-order valence-corrected chi connectivity index (χ2v) is 7.24. The van der Waals surface area contributed by atoms with Crippen LogP contribution in [0.1, 0.15) is 40.5 Å². The molecule has 7 heteroatoms. The molecule has 7 nitrogen and oxygen atoms in total. The van der Waals surface area contributed by atoms with Crippen LogP contribution in [0.4, 0.5) is 0 Å². The Kier molecular flexibility index (Phi) is 5.43. The summed E-state index contributed by atoms with van der Waals surface area (Å²) in [6.07, 6.45) is 2.00. The number of aryl methyl sites for hydroxylation is 1. The van der Waals surface area contributed by atoms with Crippen LogP contribution in [0.25, 0.3) is 21.8 Å². The third kappa shape index (κ3) is 3.87. The number of fused-ring (bicyclic) bond motifs is 2. The minimum atomic E-state index is -0.257. The van der Waals surface area contributed by atoms with Gasteiger partial charge in [0.25, 0.3) is 11.8 Å². The molecule has 0 bridgehead atoms. The van der Waals surface area contributed by atoms with Crippen molar-refractivity contribution in [3.63, 3.8) is 0 Å². The van der Waals surface area contributed by atoms with Crippen molar-refractivity contribution < 1.29 is 14.3 Å². The molecule has 1 heterocycles. The standard InChI is InChI=1S/C23H23N5O2/c1-3-4-13-24-22(29)18-11-9-17-15-19(12-10-16(17)14-18)23(30)25-28-21-8-6-5-7-20(21)27(2)26-28/h5-12,14-15H,3-4,13H2,1-2H3,(H-,24,25,26,29,30)/p+1. The van der Waals surface area contributed by atoms with Crippen LogP contribution in [0, 0.1) is 0 Å². The van der Waals surface area contributed by atoms with Crippen molar-refractivity contribution in [2.24, 2.45) is 7.05 Å². The normalized spacial score (nSPS) is 11.0. The van der Waals surface area contributed by atoms with Gasteiger partial charge >= 0.3 is 0 Å². The van der Waals surface area contributed by atoms with Gasteiger partial charge in [0, 0.05) is 17.7 Å². The quantitative estimate of drug-likeness (QED) is 0.384. The van der Waals surface area contributed by atoms with E-state index in [2.05, 4.69) is 22.9 Å². The summed E-state index contributed by atoms with van der Waals surface area (Å²) < 4.78 is 1.71. The van der Waals surface area contributed by atoms with Gasteiger partial charge in [-0.05, 0) is 58.4 Å². The van der Waals surface area contributed by atoms with Gasteiger partial charge in [0.15, 0.2) is 0 Å². The van der Waals surface area contributed by atoms with E-state index in [9.17, 15) is 9.59 Å². The van der Waals surface area contributed by atoms with Gasteiger partial charge in [-0.2, -0.15) is 5.43 Å². The fourth-order valence-corrected chi connectivity index (χ4v) is 3.40. The summed E-state index contributed by atoms with van der Waals surface area (Å²) in [5.74, 6) is -0.335. The smallest absolute Gasteiger partial charge is 0.288 e. The van der Waals surface area contributed by atoms with E-state index in [1.54, 1.807) is 16.8 Å². The lowest BCUT2D eigenvalue weighted by Gasteiger charge is -2.07. The van der Waals surface area contributed by atoms with Crippen molar-refractivity contribution in [3.05, 3.63) is 71.8 Å². The topological polar surface area (TPSA) is 79.9 Å². The number of amides is 2. The van der Waals surface area contributed by atoms with Crippen molar-refractivity contribution in [1.29, 1.82) is 0 Å². The molecule has 0 fully saturated rings. The Hall–Kier alpha value is -3.74. The van der Waals surface area contributed by atoms with E-state index in [1.165, 1.54) is 4.79 Å². The highest BCUT2D eigenvalue weighted by Crippen LogP contribution is 2.19. The third-order valence-corrected chi connectivity index (χ3v) is 5.07. The van der Waals surface area contributed by atoms with Gasteiger partial charge in [-0.3, -0.25) is 9.59 Å². The highest BCUT2D eigenvalue weighted by molar-refractivity contribution is 6.04. The summed E-state index contributed by atoms with van der Waals surface area (Å²) >= 11 is 0. The van der Waals surface area contributed by atoms with Gasteiger partial charge < -0.3 is 5.32 Å². The van der Waals surface area contributed by atoms with Gasteiger partial charge in [-0.15, -0.1) is 4.68 Å². The summed E-state index contributed by atoms with van der Waals surface area (Å²) in [4.78, 5) is 26.5. The Bertz CT molecular complexity index is 1250. The zero-order valence-corrected chi connectivity index (χ0v) is 17.1. The summed E-state index contributed by atoms with van der Waals surface area (Å²) in [5.41, 5.74) is 5.69. The Morgan fingerprint density at radius 2 is 1.63 bits per heavy atom. The zero-order valence-electron chi connectivity index (χ0n) is 17.1. The molecule has 3 aromatic carbocycles. The molecule has 0 saturated heterocycles. The molecule has 0 atom stereocenters. The second kappa shape index (κ2) is 8.32. The number of nitrogens with zero attached hydrogens (tertiary/aromatic N) is 3. The average Bonchev–Trinajstić information content (AvgIpc) is 3.08. The van der Waals surface area contributed by atoms with Gasteiger partial charge in [-0.25, -0.2) is 0 Å². The van der Waals surface area contributed by atoms with Crippen molar-refractivity contribution in [1.82, 2.24) is 15.3 Å². The lowest BCUT2D eigenvalue weighted by molar-refractivity contribution is -0.708. The molecule has 0 aliphatic heterocycles. The number of aromatic nitrogens is 3. The number of nitrogens with one attached hydrogen (secondary N) is 2. The predicted octanol–water partition coefficient (Wildman–Crippen LogP) is 2.93. The first kappa shape index (κ1) is 19.6. The molecule has 0 spiro atoms. The minimum absolute atomic E-state index is 0.0781. The monoisotopic (exact) mass is 402 g/mol. The van der Waals surface area contributed by atoms with Gasteiger partial charge in [0.05, 0.1) is 0 Å². The van der Waals surface area contributed by atoms with Gasteiger partial charge in [0.1, 0.15) is 12.3 Å². The Morgan fingerprint density at radius 1 is 0.967 bits per heavy atom. The number of unbranched alkanes of at least 4 members (excludes halogenated alkanes) is 1. The average molecular weight is 402 g/mol. The van der Waals surface area contributed by atoms with Crippen LogP contribution >= 0.6 is 0 Å². The molecule has 1 aromatic heterocycles. The molecule has 152 valence electrons. The lowest BCUT2D eigenvalue weighted by atomic mass is 10.0. The maximum atomic E-state index is 12.8. The molecule has 0 aliphatic rings. The maximum absolute atomic E-state index is 12.8. The molecule has 2 amide bonds. The molecule has 2 N–H and O–H groups in total. The van der Waals surface area contributed by atoms with Crippen LogP contribution < -0.4 is 15.4 Å². The van der Waals surface area contributed by atoms with E-state index in [4.69, 9.17) is 0 Å². The number of carbonyl (C=O) groups is 2. The molecule has 4 aromatic rings. The molecule has 0 unspecified atom stereocenters. The number of hydrogen-bond donors (Lipinski definition) is 2. The summed E-state index contributed by atoms with van der Waals surface area (Å²) in [6, 6.07) is 18.6. The minimum Gasteiger partial charge on any atom is -0.352 e. The van der Waals surface area contributed by atoms with Crippen LogP contribution in [-0.2, 0) is 7.05 Å². The molecule has 0 aliphatic carbocycles. The second-order valence-electron chi connectivity index (χ2n) is 7.24. The Balaban J connectivity index is 1.55. The van der Waals surface area contributed by atoms with Crippen LogP contribution in [0.3, 0.4) is 0 Å². The van der Waals surface area contributed by atoms with Crippen molar-refractivity contribution in [3.8, 4) is 0 Å². The third-order valence-electron chi connectivity index (χ3n) is 5.07. The Morgan fingerprint density at radius 3 is 2.33 bits per heavy atom. The first-order valence-electron chi connectivity index (χ1n) is 10.0. The Labute approximate surface area is 174 Å². The van der Waals surface area contributed by atoms with Crippen LogP contribution in [0.5, 0.6) is 0 Å². The highest BCUT2D eigenvalue weighted by atomic mass is 16.2. The largest absolute Gasteiger partial charge is 0.352 e. The fraction of sp³-hybridized carbons (Fsp3) is 0.217. The highest BCUT2D eigenvalue weighted by Gasteiger charge is 2.18. The number of hydrogen-bond acceptors (Lipinski definition) is 3. The predicted molar refractivity (Wildman–Crippen MR) is 116 cm³/mol.